The van der Waals surface area contributed by atoms with Crippen molar-refractivity contribution in [3.05, 3.63) is 399 Å². The standard InChI is InChI=1S/C115H80B2N2O2/c1-70(2)81-64-105-111-109(67-81)120-107-65-76(71-29-11-6-12-30-71)48-53-99(107)116(111)101-62-82(89-43-24-22-40-86(89)74-35-17-9-18-36-74)60-97-96-59-80(51-56-103(96)118(105)113(97)101)91-52-47-78(57-94(91)75-37-19-10-20-38-75)88-42-25-27-45-92(88)93-46-28-26-44-90(93)83-61-98-95-58-79(87-41-23-21-39-85(87)73-33-15-8-16-34-73)50-55-104(95)119-106-68-84(115(3,4)5)69-110-112(106)117(102(63-83)114(98)119)100-54-49-77(66-108(100)121-110)72-31-13-7-14-32-72/h6-70H,1-5H3. The summed E-state index contributed by atoms with van der Waals surface area (Å²) in [5.74, 6) is 3.87. The van der Waals surface area contributed by atoms with Crippen molar-refractivity contribution in [3.8, 4) is 157 Å². The first-order valence-electron chi connectivity index (χ1n) is 42.5. The van der Waals surface area contributed by atoms with Gasteiger partial charge in [0.2, 0.25) is 0 Å². The molecule has 2 aromatic heterocycles. The Morgan fingerprint density at radius 3 is 1.02 bits per heavy atom. The molecule has 4 nitrogen and oxygen atoms in total. The van der Waals surface area contributed by atoms with Gasteiger partial charge < -0.3 is 18.6 Å². The minimum absolute atomic E-state index is 0.105. The maximum atomic E-state index is 7.38. The Bertz CT molecular complexity index is 7700. The normalized spacial score (nSPS) is 12.7. The summed E-state index contributed by atoms with van der Waals surface area (Å²) in [5, 5.41) is 4.83. The monoisotopic (exact) mass is 1540 g/mol. The summed E-state index contributed by atoms with van der Waals surface area (Å²) in [5.41, 5.74) is 42.3. The molecule has 0 bridgehead atoms. The predicted molar refractivity (Wildman–Crippen MR) is 510 cm³/mol. The summed E-state index contributed by atoms with van der Waals surface area (Å²) in [4.78, 5) is 0. The van der Waals surface area contributed by atoms with Crippen molar-refractivity contribution in [1.82, 2.24) is 9.13 Å². The van der Waals surface area contributed by atoms with Gasteiger partial charge in [-0.2, -0.15) is 0 Å². The van der Waals surface area contributed by atoms with Gasteiger partial charge in [0.1, 0.15) is 23.0 Å². The van der Waals surface area contributed by atoms with Gasteiger partial charge in [-0.1, -0.05) is 344 Å². The first-order valence-corrected chi connectivity index (χ1v) is 42.5. The third kappa shape index (κ3) is 11.2. The zero-order valence-electron chi connectivity index (χ0n) is 67.9. The van der Waals surface area contributed by atoms with Crippen LogP contribution in [0.4, 0.5) is 0 Å². The molecule has 0 radical (unpaired) electrons. The van der Waals surface area contributed by atoms with Crippen LogP contribution in [-0.4, -0.2) is 22.6 Å². The van der Waals surface area contributed by atoms with Crippen molar-refractivity contribution < 1.29 is 9.47 Å². The lowest BCUT2D eigenvalue weighted by molar-refractivity contribution is 0.483. The summed E-state index contributed by atoms with van der Waals surface area (Å²) in [6.07, 6.45) is 0. The molecule has 121 heavy (non-hydrogen) atoms. The summed E-state index contributed by atoms with van der Waals surface area (Å²) >= 11 is 0. The minimum atomic E-state index is -0.173. The van der Waals surface area contributed by atoms with Gasteiger partial charge >= 0.3 is 0 Å². The quantitative estimate of drug-likeness (QED) is 0.114. The maximum absolute atomic E-state index is 7.38. The number of fused-ring (bicyclic) bond motifs is 14. The second kappa shape index (κ2) is 27.4. The lowest BCUT2D eigenvalue weighted by Crippen LogP contribution is -2.58. The number of aromatic nitrogens is 2. The van der Waals surface area contributed by atoms with Crippen LogP contribution in [0.2, 0.25) is 0 Å². The van der Waals surface area contributed by atoms with Crippen LogP contribution in [0.15, 0.2) is 388 Å². The molecule has 0 amide bonds. The molecular weight excluding hydrogens is 1460 g/mol. The summed E-state index contributed by atoms with van der Waals surface area (Å²) in [6, 6.07) is 145. The highest BCUT2D eigenvalue weighted by Crippen LogP contribution is 2.50. The van der Waals surface area contributed by atoms with Crippen LogP contribution >= 0.6 is 0 Å². The van der Waals surface area contributed by atoms with Crippen LogP contribution in [0.1, 0.15) is 51.7 Å². The molecule has 0 N–H and O–H groups in total. The van der Waals surface area contributed by atoms with E-state index in [1.54, 1.807) is 0 Å². The van der Waals surface area contributed by atoms with Crippen molar-refractivity contribution in [1.29, 1.82) is 0 Å². The molecule has 0 unspecified atom stereocenters. The number of hydrogen-bond acceptors (Lipinski definition) is 2. The fourth-order valence-corrected chi connectivity index (χ4v) is 20.6. The number of rotatable bonds is 12. The smallest absolute Gasteiger partial charge is 0.256 e. The van der Waals surface area contributed by atoms with E-state index in [1.807, 2.05) is 0 Å². The molecule has 4 aliphatic heterocycles. The van der Waals surface area contributed by atoms with Gasteiger partial charge in [0.15, 0.2) is 0 Å². The number of benzene rings is 18. The predicted octanol–water partition coefficient (Wildman–Crippen LogP) is 26.5. The van der Waals surface area contributed by atoms with Crippen molar-refractivity contribution in [3.63, 3.8) is 0 Å². The first kappa shape index (κ1) is 70.5. The molecule has 0 atom stereocenters. The van der Waals surface area contributed by atoms with Gasteiger partial charge in [0, 0.05) is 44.0 Å². The molecule has 0 spiro atoms. The number of ether oxygens (including phenoxy) is 2. The van der Waals surface area contributed by atoms with Crippen LogP contribution in [0, 0.1) is 0 Å². The lowest BCUT2D eigenvalue weighted by atomic mass is 9.34. The van der Waals surface area contributed by atoms with Crippen molar-refractivity contribution >= 4 is 89.8 Å². The molecular formula is C115H80B2N2O2. The molecule has 6 heteroatoms. The molecule has 0 aliphatic carbocycles. The van der Waals surface area contributed by atoms with Crippen LogP contribution in [0.3, 0.4) is 0 Å². The Labute approximate surface area is 705 Å². The molecule has 20 aromatic rings. The summed E-state index contributed by atoms with van der Waals surface area (Å²) in [6.45, 7) is 11.3. The topological polar surface area (TPSA) is 28.3 Å². The van der Waals surface area contributed by atoms with E-state index in [0.717, 1.165) is 117 Å². The van der Waals surface area contributed by atoms with Crippen molar-refractivity contribution in [2.75, 3.05) is 0 Å². The molecule has 0 saturated heterocycles. The Morgan fingerprint density at radius 2 is 0.579 bits per heavy atom. The van der Waals surface area contributed by atoms with E-state index >= 15 is 0 Å². The molecule has 4 aliphatic rings. The molecule has 24 rings (SSSR count). The van der Waals surface area contributed by atoms with Gasteiger partial charge in [-0.3, -0.25) is 0 Å². The van der Waals surface area contributed by atoms with E-state index in [0.29, 0.717) is 0 Å². The van der Waals surface area contributed by atoms with Crippen LogP contribution in [0.5, 0.6) is 23.0 Å². The molecule has 0 fully saturated rings. The van der Waals surface area contributed by atoms with E-state index < -0.39 is 0 Å². The highest BCUT2D eigenvalue weighted by atomic mass is 16.5. The highest BCUT2D eigenvalue weighted by molar-refractivity contribution is 7.00. The van der Waals surface area contributed by atoms with Gasteiger partial charge in [-0.15, -0.1) is 0 Å². The number of hydrogen-bond donors (Lipinski definition) is 0. The van der Waals surface area contributed by atoms with Crippen LogP contribution in [-0.2, 0) is 5.41 Å². The summed E-state index contributed by atoms with van der Waals surface area (Å²) < 4.78 is 19.8. The maximum Gasteiger partial charge on any atom is 0.256 e. The fourth-order valence-electron chi connectivity index (χ4n) is 20.6. The Hall–Kier alpha value is -14.7. The highest BCUT2D eigenvalue weighted by Gasteiger charge is 2.44. The SMILES string of the molecule is CC(C)c1cc2c3c(c1)-n1c4ccc(-c5ccc(-c6ccccc6-c6ccccc6-c6cc7c8c(c6)c6cc(-c9ccccc9-c9ccccc9)ccc6n8-c6cc(C(C)(C)C)cc8c6B7c6ccc(-c7ccccc7)cc6O8)cc5-c5ccccc5)cc4c4cc(-c5ccccc5-c5ccccc5)cc(c41)B3c1ccc(-c3ccccc3)cc1O2. The summed E-state index contributed by atoms with van der Waals surface area (Å²) in [7, 11) is 0. The second-order valence-corrected chi connectivity index (χ2v) is 34.7. The average Bonchev–Trinajstić information content (AvgIpc) is 1.57. The van der Waals surface area contributed by atoms with E-state index in [2.05, 4.69) is 432 Å². The Kier molecular flexibility index (Phi) is 16.0. The fraction of sp³-hybridized carbons (Fsp3) is 0.0609. The lowest BCUT2D eigenvalue weighted by Gasteiger charge is -2.35. The number of nitrogens with zero attached hydrogens (tertiary/aromatic N) is 2. The molecule has 0 saturated carbocycles. The van der Waals surface area contributed by atoms with E-state index in [9.17, 15) is 0 Å². The van der Waals surface area contributed by atoms with E-state index in [1.165, 1.54) is 127 Å². The Balaban J connectivity index is 0.693. The average molecular weight is 1540 g/mol. The van der Waals surface area contributed by atoms with Gasteiger partial charge in [0.05, 0.1) is 11.0 Å². The molecule has 568 valence electrons. The third-order valence-electron chi connectivity index (χ3n) is 26.4. The second-order valence-electron chi connectivity index (χ2n) is 34.7. The van der Waals surface area contributed by atoms with Crippen molar-refractivity contribution in [2.24, 2.45) is 0 Å². The third-order valence-corrected chi connectivity index (χ3v) is 26.4. The zero-order chi connectivity index (χ0) is 80.5. The first-order chi connectivity index (χ1) is 59.5. The van der Waals surface area contributed by atoms with Gasteiger partial charge in [0.25, 0.3) is 13.4 Å². The van der Waals surface area contributed by atoms with Crippen LogP contribution < -0.4 is 42.3 Å². The van der Waals surface area contributed by atoms with Gasteiger partial charge in [-0.25, -0.2) is 0 Å². The van der Waals surface area contributed by atoms with Crippen molar-refractivity contribution in [2.45, 2.75) is 46.0 Å². The van der Waals surface area contributed by atoms with E-state index in [-0.39, 0.29) is 24.8 Å². The van der Waals surface area contributed by atoms with E-state index in [4.69, 9.17) is 9.47 Å². The Morgan fingerprint density at radius 1 is 0.240 bits per heavy atom. The molecule has 18 aromatic carbocycles. The van der Waals surface area contributed by atoms with Gasteiger partial charge in [-0.05, 0) is 256 Å². The zero-order valence-corrected chi connectivity index (χ0v) is 67.9. The molecule has 6 heterocycles. The van der Waals surface area contributed by atoms with Crippen LogP contribution in [0.25, 0.3) is 177 Å². The largest absolute Gasteiger partial charge is 0.458 e. The minimum Gasteiger partial charge on any atom is -0.458 e.